The van der Waals surface area contributed by atoms with Gasteiger partial charge in [0.1, 0.15) is 5.82 Å². The molecule has 1 fully saturated rings. The minimum Gasteiger partial charge on any atom is -0.368 e. The van der Waals surface area contributed by atoms with Crippen LogP contribution in [0.5, 0.6) is 0 Å². The smallest absolute Gasteiger partial charge is 0.233 e. The van der Waals surface area contributed by atoms with Crippen LogP contribution in [0.3, 0.4) is 0 Å². The Bertz CT molecular complexity index is 698. The topological polar surface area (TPSA) is 77.0 Å². The molecule has 1 saturated carbocycles. The van der Waals surface area contributed by atoms with Gasteiger partial charge < -0.3 is 10.6 Å². The Kier molecular flexibility index (Phi) is 4.51. The predicted molar refractivity (Wildman–Crippen MR) is 86.3 cm³/mol. The lowest BCUT2D eigenvalue weighted by atomic mass is 10.2. The Labute approximate surface area is 137 Å². The molecule has 1 heterocycles. The van der Waals surface area contributed by atoms with Gasteiger partial charge in [0.05, 0.1) is 5.75 Å². The second kappa shape index (κ2) is 6.57. The summed E-state index contributed by atoms with van der Waals surface area (Å²) in [6.07, 6.45) is 2.16. The van der Waals surface area contributed by atoms with Crippen molar-refractivity contribution in [2.24, 2.45) is 0 Å². The summed E-state index contributed by atoms with van der Waals surface area (Å²) in [7, 11) is 1.73. The lowest BCUT2D eigenvalue weighted by molar-refractivity contribution is -0.127. The molecule has 0 unspecified atom stereocenters. The van der Waals surface area contributed by atoms with Crippen LogP contribution in [-0.2, 0) is 11.3 Å². The van der Waals surface area contributed by atoms with E-state index in [-0.39, 0.29) is 17.5 Å². The molecule has 0 aliphatic heterocycles. The van der Waals surface area contributed by atoms with E-state index in [9.17, 15) is 9.18 Å². The lowest BCUT2D eigenvalue weighted by Gasteiger charge is -2.17. The molecule has 0 saturated heterocycles. The van der Waals surface area contributed by atoms with E-state index >= 15 is 0 Å². The first-order valence-corrected chi connectivity index (χ1v) is 8.34. The zero-order valence-electron chi connectivity index (χ0n) is 12.8. The Balaban J connectivity index is 1.55. The fraction of sp³-hybridized carbons (Fsp3) is 0.400. The number of rotatable bonds is 6. The Morgan fingerprint density at radius 1 is 1.39 bits per heavy atom. The quantitative estimate of drug-likeness (QED) is 0.818. The summed E-state index contributed by atoms with van der Waals surface area (Å²) in [5.74, 6) is 0.364. The number of carbonyl (C=O) groups is 1. The molecule has 1 aromatic heterocycles. The van der Waals surface area contributed by atoms with Gasteiger partial charge in [-0.3, -0.25) is 9.36 Å². The molecule has 1 aliphatic carbocycles. The minimum absolute atomic E-state index is 0.0248. The van der Waals surface area contributed by atoms with Crippen LogP contribution in [0.25, 0.3) is 0 Å². The van der Waals surface area contributed by atoms with Gasteiger partial charge >= 0.3 is 0 Å². The van der Waals surface area contributed by atoms with Gasteiger partial charge in [-0.15, -0.1) is 10.2 Å². The third-order valence-electron chi connectivity index (χ3n) is 3.69. The van der Waals surface area contributed by atoms with Crippen LogP contribution < -0.4 is 5.73 Å². The SMILES string of the molecule is CN(Cc1ccc(F)cc1)C(=O)CSc1nnc(N)n1C1CC1. The van der Waals surface area contributed by atoms with E-state index in [0.717, 1.165) is 18.4 Å². The minimum atomic E-state index is -0.282. The van der Waals surface area contributed by atoms with E-state index in [1.165, 1.54) is 23.9 Å². The maximum Gasteiger partial charge on any atom is 0.233 e. The van der Waals surface area contributed by atoms with E-state index in [0.29, 0.717) is 23.7 Å². The molecule has 0 atom stereocenters. The van der Waals surface area contributed by atoms with Crippen LogP contribution >= 0.6 is 11.8 Å². The second-order valence-electron chi connectivity index (χ2n) is 5.61. The fourth-order valence-corrected chi connectivity index (χ4v) is 3.20. The number of nitrogens with two attached hydrogens (primary N) is 1. The third kappa shape index (κ3) is 3.82. The van der Waals surface area contributed by atoms with Crippen LogP contribution in [0.1, 0.15) is 24.4 Å². The highest BCUT2D eigenvalue weighted by molar-refractivity contribution is 7.99. The number of benzene rings is 1. The number of hydrogen-bond acceptors (Lipinski definition) is 5. The predicted octanol–water partition coefficient (Wildman–Crippen LogP) is 2.08. The molecule has 0 spiro atoms. The van der Waals surface area contributed by atoms with E-state index in [2.05, 4.69) is 10.2 Å². The van der Waals surface area contributed by atoms with Crippen LogP contribution in [-0.4, -0.2) is 38.4 Å². The molecule has 0 radical (unpaired) electrons. The summed E-state index contributed by atoms with van der Waals surface area (Å²) in [6, 6.07) is 6.51. The molecule has 3 rings (SSSR count). The Morgan fingerprint density at radius 3 is 2.74 bits per heavy atom. The van der Waals surface area contributed by atoms with Crippen molar-refractivity contribution < 1.29 is 9.18 Å². The van der Waals surface area contributed by atoms with Gasteiger partial charge in [-0.25, -0.2) is 4.39 Å². The number of halogens is 1. The lowest BCUT2D eigenvalue weighted by Crippen LogP contribution is -2.27. The van der Waals surface area contributed by atoms with Gasteiger partial charge in [0.15, 0.2) is 5.16 Å². The standard InChI is InChI=1S/C15H18FN5OS/c1-20(8-10-2-4-11(16)5-3-10)13(22)9-23-15-19-18-14(17)21(15)12-6-7-12/h2-5,12H,6-9H2,1H3,(H2,17,18). The number of nitrogens with zero attached hydrogens (tertiary/aromatic N) is 4. The summed E-state index contributed by atoms with van der Waals surface area (Å²) in [5, 5.41) is 8.62. The van der Waals surface area contributed by atoms with Crippen LogP contribution in [0.4, 0.5) is 10.3 Å². The zero-order chi connectivity index (χ0) is 16.4. The van der Waals surface area contributed by atoms with E-state index in [1.807, 2.05) is 4.57 Å². The highest BCUT2D eigenvalue weighted by Crippen LogP contribution is 2.39. The van der Waals surface area contributed by atoms with Crippen molar-refractivity contribution in [1.29, 1.82) is 0 Å². The second-order valence-corrected chi connectivity index (χ2v) is 6.55. The summed E-state index contributed by atoms with van der Waals surface area (Å²) < 4.78 is 14.8. The molecule has 122 valence electrons. The molecular formula is C15H18FN5OS. The molecule has 23 heavy (non-hydrogen) atoms. The number of carbonyl (C=O) groups excluding carboxylic acids is 1. The average molecular weight is 335 g/mol. The third-order valence-corrected chi connectivity index (χ3v) is 4.61. The van der Waals surface area contributed by atoms with Gasteiger partial charge in [-0.2, -0.15) is 0 Å². The highest BCUT2D eigenvalue weighted by Gasteiger charge is 2.29. The highest BCUT2D eigenvalue weighted by atomic mass is 32.2. The van der Waals surface area contributed by atoms with Gasteiger partial charge in [-0.05, 0) is 30.5 Å². The molecule has 2 aromatic rings. The number of nitrogen functional groups attached to an aromatic ring is 1. The first kappa shape index (κ1) is 15.8. The van der Waals surface area contributed by atoms with Crippen molar-refractivity contribution in [3.05, 3.63) is 35.6 Å². The van der Waals surface area contributed by atoms with Crippen molar-refractivity contribution in [2.75, 3.05) is 18.5 Å². The van der Waals surface area contributed by atoms with Gasteiger partial charge in [0, 0.05) is 19.6 Å². The molecule has 0 bridgehead atoms. The number of amides is 1. The van der Waals surface area contributed by atoms with Crippen LogP contribution in [0.2, 0.25) is 0 Å². The Morgan fingerprint density at radius 2 is 2.09 bits per heavy atom. The molecule has 6 nitrogen and oxygen atoms in total. The molecule has 1 aliphatic rings. The van der Waals surface area contributed by atoms with Crippen LogP contribution in [0, 0.1) is 5.82 Å². The van der Waals surface area contributed by atoms with Crippen molar-refractivity contribution in [3.63, 3.8) is 0 Å². The number of thioether (sulfide) groups is 1. The zero-order valence-corrected chi connectivity index (χ0v) is 13.6. The normalized spacial score (nSPS) is 14.0. The molecular weight excluding hydrogens is 317 g/mol. The molecule has 8 heteroatoms. The summed E-state index contributed by atoms with van der Waals surface area (Å²) in [5.41, 5.74) is 6.70. The fourth-order valence-electron chi connectivity index (χ4n) is 2.25. The van der Waals surface area contributed by atoms with Crippen LogP contribution in [0.15, 0.2) is 29.4 Å². The largest absolute Gasteiger partial charge is 0.368 e. The van der Waals surface area contributed by atoms with Gasteiger partial charge in [-0.1, -0.05) is 23.9 Å². The first-order chi connectivity index (χ1) is 11.0. The van der Waals surface area contributed by atoms with Gasteiger partial charge in [0.25, 0.3) is 0 Å². The number of anilines is 1. The monoisotopic (exact) mass is 335 g/mol. The van der Waals surface area contributed by atoms with Crippen molar-refractivity contribution in [3.8, 4) is 0 Å². The summed E-state index contributed by atoms with van der Waals surface area (Å²) in [4.78, 5) is 13.8. The summed E-state index contributed by atoms with van der Waals surface area (Å²) in [6.45, 7) is 0.442. The average Bonchev–Trinajstić information content (AvgIpc) is 3.30. The molecule has 1 aromatic carbocycles. The first-order valence-electron chi connectivity index (χ1n) is 7.36. The van der Waals surface area contributed by atoms with E-state index in [1.54, 1.807) is 24.1 Å². The Hall–Kier alpha value is -2.09. The molecule has 2 N–H and O–H groups in total. The maximum atomic E-state index is 12.9. The summed E-state index contributed by atoms with van der Waals surface area (Å²) >= 11 is 1.34. The van der Waals surface area contributed by atoms with Crippen molar-refractivity contribution in [2.45, 2.75) is 30.6 Å². The maximum absolute atomic E-state index is 12.9. The number of aromatic nitrogens is 3. The van der Waals surface area contributed by atoms with E-state index < -0.39 is 0 Å². The van der Waals surface area contributed by atoms with Crippen molar-refractivity contribution >= 4 is 23.6 Å². The molecule has 1 amide bonds. The van der Waals surface area contributed by atoms with Crippen molar-refractivity contribution in [1.82, 2.24) is 19.7 Å². The van der Waals surface area contributed by atoms with Gasteiger partial charge in [0.2, 0.25) is 11.9 Å². The van der Waals surface area contributed by atoms with E-state index in [4.69, 9.17) is 5.73 Å². The number of hydrogen-bond donors (Lipinski definition) is 1.